The molecule has 3 N–H and O–H groups in total. The molecule has 0 heterocycles. The van der Waals surface area contributed by atoms with Crippen LogP contribution in [0.3, 0.4) is 0 Å². The van der Waals surface area contributed by atoms with Crippen LogP contribution >= 0.6 is 0 Å². The van der Waals surface area contributed by atoms with Gasteiger partial charge in [-0.3, -0.25) is 9.59 Å². The van der Waals surface area contributed by atoms with Crippen molar-refractivity contribution in [2.45, 2.75) is 386 Å². The zero-order valence-electron chi connectivity index (χ0n) is 52.4. The molecule has 0 aliphatic heterocycles. The molecule has 0 aliphatic carbocycles. The third kappa shape index (κ3) is 63.0. The van der Waals surface area contributed by atoms with E-state index >= 15 is 0 Å². The number of carbonyl (C=O) groups excluding carboxylic acids is 2. The van der Waals surface area contributed by atoms with E-state index in [2.05, 4.69) is 55.6 Å². The summed E-state index contributed by atoms with van der Waals surface area (Å²) < 4.78 is 5.48. The number of allylic oxidation sites excluding steroid dienone is 7. The minimum atomic E-state index is -0.843. The molecule has 458 valence electrons. The van der Waals surface area contributed by atoms with E-state index in [1.807, 2.05) is 6.08 Å². The molecule has 1 amide bonds. The number of esters is 1. The maximum absolute atomic E-state index is 12.5. The van der Waals surface area contributed by atoms with E-state index in [-0.39, 0.29) is 18.5 Å². The third-order valence-corrected chi connectivity index (χ3v) is 16.1. The van der Waals surface area contributed by atoms with Crippen molar-refractivity contribution in [1.29, 1.82) is 0 Å². The highest BCUT2D eigenvalue weighted by atomic mass is 16.5. The third-order valence-electron chi connectivity index (χ3n) is 16.1. The second-order valence-electron chi connectivity index (χ2n) is 23.9. The van der Waals surface area contributed by atoms with Gasteiger partial charge in [-0.1, -0.05) is 319 Å². The molecule has 0 spiro atoms. The van der Waals surface area contributed by atoms with E-state index in [0.717, 1.165) is 51.4 Å². The molecule has 6 heteroatoms. The Kier molecular flexibility index (Phi) is 65.4. The molecule has 0 aromatic rings. The van der Waals surface area contributed by atoms with Crippen LogP contribution in [0.4, 0.5) is 0 Å². The van der Waals surface area contributed by atoms with Gasteiger partial charge in [0.2, 0.25) is 5.91 Å². The number of hydrogen-bond donors (Lipinski definition) is 3. The van der Waals surface area contributed by atoms with Crippen LogP contribution in [0.15, 0.2) is 48.6 Å². The van der Waals surface area contributed by atoms with Gasteiger partial charge in [0.1, 0.15) is 0 Å². The van der Waals surface area contributed by atoms with Crippen LogP contribution in [0.2, 0.25) is 0 Å². The lowest BCUT2D eigenvalue weighted by Crippen LogP contribution is -2.45. The predicted molar refractivity (Wildman–Crippen MR) is 342 cm³/mol. The van der Waals surface area contributed by atoms with Crippen molar-refractivity contribution in [3.63, 3.8) is 0 Å². The monoisotopic (exact) mass is 1090 g/mol. The van der Waals surface area contributed by atoms with Gasteiger partial charge >= 0.3 is 5.97 Å². The lowest BCUT2D eigenvalue weighted by Gasteiger charge is -2.20. The van der Waals surface area contributed by atoms with Gasteiger partial charge in [0.15, 0.2) is 0 Å². The molecule has 6 nitrogen and oxygen atoms in total. The van der Waals surface area contributed by atoms with Crippen molar-refractivity contribution >= 4 is 11.9 Å². The summed E-state index contributed by atoms with van der Waals surface area (Å²) in [6, 6.07) is -0.627. The van der Waals surface area contributed by atoms with Crippen LogP contribution in [-0.4, -0.2) is 47.4 Å². The van der Waals surface area contributed by atoms with Crippen LogP contribution in [0.5, 0.6) is 0 Å². The van der Waals surface area contributed by atoms with Crippen LogP contribution < -0.4 is 5.32 Å². The predicted octanol–water partition coefficient (Wildman–Crippen LogP) is 22.5. The Labute approximate surface area is 486 Å². The molecule has 0 radical (unpaired) electrons. The van der Waals surface area contributed by atoms with Crippen LogP contribution in [0, 0.1) is 0 Å². The number of ether oxygens (including phenoxy) is 1. The molecule has 78 heavy (non-hydrogen) atoms. The van der Waals surface area contributed by atoms with Crippen LogP contribution in [0.1, 0.15) is 373 Å². The zero-order chi connectivity index (χ0) is 56.4. The lowest BCUT2D eigenvalue weighted by atomic mass is 10.0. The standard InChI is InChI=1S/C72H135NO5/c1-3-5-7-9-11-13-15-17-36-40-44-48-52-56-60-64-70(75)69(68-74)73-71(76)65-61-57-53-49-45-41-38-34-32-30-28-26-24-22-20-19-21-23-25-27-29-31-33-35-39-43-47-51-55-59-63-67-78-72(77)66-62-58-54-50-46-42-37-18-16-14-12-10-8-6-4-2/h12,14,18,21,23,37,60,64,69-70,74-75H,3-11,13,15-17,19-20,22,24-36,38-59,61-63,65-68H2,1-2H3,(H,73,76)/b14-12-,23-21-,37-18-,64-60+. The molecule has 0 aromatic carbocycles. The summed E-state index contributed by atoms with van der Waals surface area (Å²) >= 11 is 0. The van der Waals surface area contributed by atoms with E-state index < -0.39 is 12.1 Å². The fourth-order valence-electron chi connectivity index (χ4n) is 10.7. The highest BCUT2D eigenvalue weighted by Gasteiger charge is 2.18. The van der Waals surface area contributed by atoms with E-state index in [1.165, 1.54) is 295 Å². The molecule has 2 unspecified atom stereocenters. The summed E-state index contributed by atoms with van der Waals surface area (Å²) in [5.74, 6) is -0.0610. The first-order valence-electron chi connectivity index (χ1n) is 34.9. The molecular weight excluding hydrogens is 959 g/mol. The molecule has 0 saturated carbocycles. The molecule has 0 rings (SSSR count). The highest BCUT2D eigenvalue weighted by molar-refractivity contribution is 5.76. The molecule has 0 saturated heterocycles. The summed E-state index contributed by atoms with van der Waals surface area (Å²) in [6.45, 7) is 4.89. The van der Waals surface area contributed by atoms with Crippen molar-refractivity contribution in [3.05, 3.63) is 48.6 Å². The van der Waals surface area contributed by atoms with Gasteiger partial charge in [0.25, 0.3) is 0 Å². The fraction of sp³-hybridized carbons (Fsp3) is 0.861. The van der Waals surface area contributed by atoms with Gasteiger partial charge in [-0.2, -0.15) is 0 Å². The SMILES string of the molecule is CCCCC/C=C\C/C=C\CCCCCCCC(=O)OCCCCCCCCCCCCCC/C=C\CCCCCCCCCCCCCCCCCC(=O)NC(CO)C(O)/C=C/CCCCCCCCCCCCCCC. The zero-order valence-corrected chi connectivity index (χ0v) is 52.4. The summed E-state index contributed by atoms with van der Waals surface area (Å²) in [7, 11) is 0. The van der Waals surface area contributed by atoms with E-state index in [0.29, 0.717) is 19.4 Å². The molecular formula is C72H135NO5. The topological polar surface area (TPSA) is 95.9 Å². The largest absolute Gasteiger partial charge is 0.466 e. The Hall–Kier alpha value is -2.18. The summed E-state index contributed by atoms with van der Waals surface area (Å²) in [5.41, 5.74) is 0. The van der Waals surface area contributed by atoms with E-state index in [9.17, 15) is 19.8 Å². The van der Waals surface area contributed by atoms with Crippen molar-refractivity contribution in [2.75, 3.05) is 13.2 Å². The quantitative estimate of drug-likeness (QED) is 0.0320. The lowest BCUT2D eigenvalue weighted by molar-refractivity contribution is -0.143. The van der Waals surface area contributed by atoms with Crippen LogP contribution in [0.25, 0.3) is 0 Å². The molecule has 0 fully saturated rings. The summed E-state index contributed by atoms with van der Waals surface area (Å²) in [5, 5.41) is 23.2. The van der Waals surface area contributed by atoms with Gasteiger partial charge in [0, 0.05) is 12.8 Å². The average Bonchev–Trinajstić information content (AvgIpc) is 3.44. The molecule has 0 bridgehead atoms. The Morgan fingerprint density at radius 2 is 0.641 bits per heavy atom. The Morgan fingerprint density at radius 3 is 1.01 bits per heavy atom. The Bertz CT molecular complexity index is 1310. The average molecular weight is 1090 g/mol. The molecule has 0 aliphatic rings. The van der Waals surface area contributed by atoms with Gasteiger partial charge in [-0.25, -0.2) is 0 Å². The van der Waals surface area contributed by atoms with Gasteiger partial charge in [0.05, 0.1) is 25.4 Å². The number of aliphatic hydroxyl groups excluding tert-OH is 2. The number of nitrogens with one attached hydrogen (secondary N) is 1. The van der Waals surface area contributed by atoms with Crippen LogP contribution in [-0.2, 0) is 14.3 Å². The summed E-state index contributed by atoms with van der Waals surface area (Å²) in [4.78, 5) is 24.5. The maximum atomic E-state index is 12.5. The number of unbranched alkanes of at least 4 members (excludes halogenated alkanes) is 48. The normalized spacial score (nSPS) is 12.8. The first-order chi connectivity index (χ1) is 38.5. The number of amides is 1. The number of rotatable bonds is 65. The fourth-order valence-corrected chi connectivity index (χ4v) is 10.7. The number of aliphatic hydroxyl groups is 2. The van der Waals surface area contributed by atoms with Crippen molar-refractivity contribution in [3.8, 4) is 0 Å². The Balaban J connectivity index is 3.38. The minimum Gasteiger partial charge on any atom is -0.466 e. The van der Waals surface area contributed by atoms with Gasteiger partial charge in [-0.15, -0.1) is 0 Å². The van der Waals surface area contributed by atoms with Gasteiger partial charge in [-0.05, 0) is 89.9 Å². The van der Waals surface area contributed by atoms with Crippen molar-refractivity contribution < 1.29 is 24.5 Å². The van der Waals surface area contributed by atoms with Gasteiger partial charge < -0.3 is 20.3 Å². The van der Waals surface area contributed by atoms with Crippen molar-refractivity contribution in [1.82, 2.24) is 5.32 Å². The first-order valence-corrected chi connectivity index (χ1v) is 34.9. The summed E-state index contributed by atoms with van der Waals surface area (Å²) in [6.07, 6.45) is 87.6. The molecule has 2 atom stereocenters. The number of hydrogen-bond acceptors (Lipinski definition) is 5. The van der Waals surface area contributed by atoms with E-state index in [4.69, 9.17) is 4.74 Å². The smallest absolute Gasteiger partial charge is 0.305 e. The second kappa shape index (κ2) is 67.3. The minimum absolute atomic E-state index is 0.00333. The highest BCUT2D eigenvalue weighted by Crippen LogP contribution is 2.18. The Morgan fingerprint density at radius 1 is 0.359 bits per heavy atom. The molecule has 0 aromatic heterocycles. The van der Waals surface area contributed by atoms with E-state index in [1.54, 1.807) is 6.08 Å². The first kappa shape index (κ1) is 75.8. The van der Waals surface area contributed by atoms with Crippen molar-refractivity contribution in [2.24, 2.45) is 0 Å². The maximum Gasteiger partial charge on any atom is 0.305 e. The second-order valence-corrected chi connectivity index (χ2v) is 23.9. The number of carbonyl (C=O) groups is 2.